The monoisotopic (exact) mass is 397 g/mol. The van der Waals surface area contributed by atoms with Crippen molar-refractivity contribution in [3.8, 4) is 17.2 Å². The third kappa shape index (κ3) is 4.31. The SMILES string of the molecule is COc1ccc(CN/N=C/c2cc(C)n(-c3ccc(Cl)cc3)c2C)cc1OC. The average molecular weight is 398 g/mol. The van der Waals surface area contributed by atoms with Crippen molar-refractivity contribution in [2.45, 2.75) is 20.4 Å². The number of hydrogen-bond acceptors (Lipinski definition) is 4. The van der Waals surface area contributed by atoms with Crippen molar-refractivity contribution in [2.75, 3.05) is 14.2 Å². The second-order valence-corrected chi connectivity index (χ2v) is 6.86. The molecule has 0 atom stereocenters. The lowest BCUT2D eigenvalue weighted by atomic mass is 10.2. The van der Waals surface area contributed by atoms with E-state index in [4.69, 9.17) is 21.1 Å². The Morgan fingerprint density at radius 3 is 2.39 bits per heavy atom. The van der Waals surface area contributed by atoms with Crippen molar-refractivity contribution in [2.24, 2.45) is 5.10 Å². The van der Waals surface area contributed by atoms with Crippen LogP contribution in [0.5, 0.6) is 11.5 Å². The van der Waals surface area contributed by atoms with Gasteiger partial charge >= 0.3 is 0 Å². The summed E-state index contributed by atoms with van der Waals surface area (Å²) in [6, 6.07) is 15.7. The molecule has 0 saturated heterocycles. The predicted octanol–water partition coefficient (Wildman–Crippen LogP) is 4.89. The van der Waals surface area contributed by atoms with Crippen molar-refractivity contribution in [3.05, 3.63) is 76.1 Å². The maximum Gasteiger partial charge on any atom is 0.161 e. The summed E-state index contributed by atoms with van der Waals surface area (Å²) < 4.78 is 12.8. The maximum absolute atomic E-state index is 6.00. The number of benzene rings is 2. The van der Waals surface area contributed by atoms with Crippen LogP contribution in [0.4, 0.5) is 0 Å². The summed E-state index contributed by atoms with van der Waals surface area (Å²) in [7, 11) is 3.25. The molecule has 5 nitrogen and oxygen atoms in total. The summed E-state index contributed by atoms with van der Waals surface area (Å²) >= 11 is 6.00. The highest BCUT2D eigenvalue weighted by Gasteiger charge is 2.09. The van der Waals surface area contributed by atoms with Crippen molar-refractivity contribution in [1.29, 1.82) is 0 Å². The van der Waals surface area contributed by atoms with Gasteiger partial charge in [-0.1, -0.05) is 17.7 Å². The molecule has 0 unspecified atom stereocenters. The highest BCUT2D eigenvalue weighted by Crippen LogP contribution is 2.27. The van der Waals surface area contributed by atoms with Crippen LogP contribution in [0.1, 0.15) is 22.5 Å². The number of ether oxygens (including phenoxy) is 2. The molecule has 2 aromatic carbocycles. The molecule has 1 N–H and O–H groups in total. The number of hydrazone groups is 1. The first-order valence-corrected chi connectivity index (χ1v) is 9.33. The molecule has 0 aliphatic carbocycles. The normalized spacial score (nSPS) is 11.0. The minimum Gasteiger partial charge on any atom is -0.493 e. The fourth-order valence-corrected chi connectivity index (χ4v) is 3.27. The molecule has 146 valence electrons. The summed E-state index contributed by atoms with van der Waals surface area (Å²) in [5, 5.41) is 5.11. The molecule has 28 heavy (non-hydrogen) atoms. The first-order valence-electron chi connectivity index (χ1n) is 8.95. The highest BCUT2D eigenvalue weighted by molar-refractivity contribution is 6.30. The van der Waals surface area contributed by atoms with Gasteiger partial charge in [-0.15, -0.1) is 0 Å². The summed E-state index contributed by atoms with van der Waals surface area (Å²) in [6.45, 7) is 4.75. The van der Waals surface area contributed by atoms with Crippen LogP contribution in [0.3, 0.4) is 0 Å². The van der Waals surface area contributed by atoms with Crippen molar-refractivity contribution in [1.82, 2.24) is 9.99 Å². The van der Waals surface area contributed by atoms with Crippen LogP contribution >= 0.6 is 11.6 Å². The van der Waals surface area contributed by atoms with Crippen LogP contribution < -0.4 is 14.9 Å². The summed E-state index contributed by atoms with van der Waals surface area (Å²) in [4.78, 5) is 0. The molecule has 1 aromatic heterocycles. The van der Waals surface area contributed by atoms with Gasteiger partial charge in [0.25, 0.3) is 0 Å². The van der Waals surface area contributed by atoms with Gasteiger partial charge in [-0.2, -0.15) is 5.10 Å². The van der Waals surface area contributed by atoms with Crippen LogP contribution in [0, 0.1) is 13.8 Å². The van der Waals surface area contributed by atoms with Gasteiger partial charge < -0.3 is 19.5 Å². The van der Waals surface area contributed by atoms with E-state index in [0.717, 1.165) is 33.2 Å². The zero-order valence-corrected chi connectivity index (χ0v) is 17.2. The van der Waals surface area contributed by atoms with E-state index >= 15 is 0 Å². The Balaban J connectivity index is 1.70. The molecule has 6 heteroatoms. The third-order valence-corrected chi connectivity index (χ3v) is 4.83. The lowest BCUT2D eigenvalue weighted by molar-refractivity contribution is 0.354. The minimum absolute atomic E-state index is 0.590. The fraction of sp³-hybridized carbons (Fsp3) is 0.227. The second-order valence-electron chi connectivity index (χ2n) is 6.42. The quantitative estimate of drug-likeness (QED) is 0.456. The topological polar surface area (TPSA) is 47.8 Å². The van der Waals surface area contributed by atoms with Gasteiger partial charge in [-0.25, -0.2) is 0 Å². The number of hydrogen-bond donors (Lipinski definition) is 1. The Labute approximate surface area is 170 Å². The standard InChI is InChI=1S/C22H24ClN3O2/c1-15-11-18(16(2)26(15)20-8-6-19(23)7-9-20)14-25-24-13-17-5-10-21(27-3)22(12-17)28-4/h5-12,14,24H,13H2,1-4H3/b25-14+. The molecule has 0 radical (unpaired) electrons. The average Bonchev–Trinajstić information content (AvgIpc) is 2.99. The van der Waals surface area contributed by atoms with Gasteiger partial charge in [0.2, 0.25) is 0 Å². The first kappa shape index (κ1) is 19.8. The van der Waals surface area contributed by atoms with Gasteiger partial charge in [0, 0.05) is 27.7 Å². The zero-order valence-electron chi connectivity index (χ0n) is 16.5. The number of halogens is 1. The molecule has 0 fully saturated rings. The molecule has 1 heterocycles. The van der Waals surface area contributed by atoms with Crippen molar-refractivity contribution in [3.63, 3.8) is 0 Å². The predicted molar refractivity (Wildman–Crippen MR) is 114 cm³/mol. The van der Waals surface area contributed by atoms with Gasteiger partial charge in [0.05, 0.1) is 27.0 Å². The van der Waals surface area contributed by atoms with Gasteiger partial charge in [0.1, 0.15) is 0 Å². The fourth-order valence-electron chi connectivity index (χ4n) is 3.15. The lowest BCUT2D eigenvalue weighted by Crippen LogP contribution is -2.06. The Hall–Kier alpha value is -2.92. The van der Waals surface area contributed by atoms with Crippen molar-refractivity contribution >= 4 is 17.8 Å². The van der Waals surface area contributed by atoms with E-state index in [1.165, 1.54) is 0 Å². The summed E-state index contributed by atoms with van der Waals surface area (Å²) in [5.74, 6) is 1.42. The Bertz CT molecular complexity index is 978. The van der Waals surface area contributed by atoms with E-state index in [-0.39, 0.29) is 0 Å². The van der Waals surface area contributed by atoms with Crippen LogP contribution in [-0.2, 0) is 6.54 Å². The molecule has 3 aromatic rings. The van der Waals surface area contributed by atoms with Gasteiger partial charge in [-0.05, 0) is 61.9 Å². The number of aryl methyl sites for hydroxylation is 1. The lowest BCUT2D eigenvalue weighted by Gasteiger charge is -2.10. The van der Waals surface area contributed by atoms with Gasteiger partial charge in [0.15, 0.2) is 11.5 Å². The van der Waals surface area contributed by atoms with Crippen LogP contribution in [0.2, 0.25) is 5.02 Å². The number of aromatic nitrogens is 1. The zero-order chi connectivity index (χ0) is 20.1. The molecule has 0 spiro atoms. The van der Waals surface area contributed by atoms with E-state index in [1.54, 1.807) is 14.2 Å². The smallest absolute Gasteiger partial charge is 0.161 e. The molecular formula is C22H24ClN3O2. The molecule has 0 saturated carbocycles. The Morgan fingerprint density at radius 1 is 1.00 bits per heavy atom. The van der Waals surface area contributed by atoms with E-state index in [0.29, 0.717) is 18.0 Å². The van der Waals surface area contributed by atoms with Crippen LogP contribution in [0.25, 0.3) is 5.69 Å². The van der Waals surface area contributed by atoms with Gasteiger partial charge in [-0.3, -0.25) is 0 Å². The largest absolute Gasteiger partial charge is 0.493 e. The highest BCUT2D eigenvalue weighted by atomic mass is 35.5. The van der Waals surface area contributed by atoms with E-state index < -0.39 is 0 Å². The Kier molecular flexibility index (Phi) is 6.26. The van der Waals surface area contributed by atoms with Crippen LogP contribution in [-0.4, -0.2) is 25.0 Å². The first-order chi connectivity index (χ1) is 13.5. The molecule has 3 rings (SSSR count). The molecule has 0 aliphatic rings. The number of rotatable bonds is 7. The summed E-state index contributed by atoms with van der Waals surface area (Å²) in [6.07, 6.45) is 1.84. The molecule has 0 aliphatic heterocycles. The number of methoxy groups -OCH3 is 2. The molecule has 0 amide bonds. The van der Waals surface area contributed by atoms with Crippen molar-refractivity contribution < 1.29 is 9.47 Å². The number of nitrogens with zero attached hydrogens (tertiary/aromatic N) is 2. The minimum atomic E-state index is 0.590. The summed E-state index contributed by atoms with van der Waals surface area (Å²) in [5.41, 5.74) is 8.55. The third-order valence-electron chi connectivity index (χ3n) is 4.58. The van der Waals surface area contributed by atoms with E-state index in [2.05, 4.69) is 35.0 Å². The second kappa shape index (κ2) is 8.85. The van der Waals surface area contributed by atoms with E-state index in [9.17, 15) is 0 Å². The number of nitrogens with one attached hydrogen (secondary N) is 1. The molecule has 0 bridgehead atoms. The van der Waals surface area contributed by atoms with E-state index in [1.807, 2.05) is 48.7 Å². The van der Waals surface area contributed by atoms with Crippen LogP contribution in [0.15, 0.2) is 53.6 Å². The maximum atomic E-state index is 6.00. The molecular weight excluding hydrogens is 374 g/mol. The Morgan fingerprint density at radius 2 is 1.71 bits per heavy atom.